The highest BCUT2D eigenvalue weighted by Crippen LogP contribution is 2.44. The van der Waals surface area contributed by atoms with Gasteiger partial charge in [-0.2, -0.15) is 0 Å². The number of aryl methyl sites for hydroxylation is 1. The van der Waals surface area contributed by atoms with Crippen LogP contribution in [0.1, 0.15) is 126 Å². The fourth-order valence-corrected chi connectivity index (χ4v) is 15.5. The van der Waals surface area contributed by atoms with Crippen molar-refractivity contribution < 1.29 is 143 Å². The standard InChI is InChI=1S/C90H90Cl2N12O30/c1-7-101-38-64(95-97-101)47-118-87-78(131-85(114)60-34-22-12-23-35-60)76(130-84(113)59-32-20-11-21-33-59)72(128-82(111)57-28-16-9-17-29-57)67(125-87)43-103-41-65(96-100-103)48-119-88-79(132-86(115)61-36-24-13-25-37-61)75(129-83(112)58-30-18-10-19-31-58)71(127-81(110)56-26-14-8-15-27-56)66(124-88)42-102-39-62(93-98-102)45-116-46-63-40-104(99-94-63)44-68-73(120-52(3)106)80(123-55(6)109)90(50-91,133-68)134-89-77(122-54(5)108)74(121-53(4)107)70(92)69(126-89)49-117-51(2)105/h8-41,66-80,87-89H,7,42-50H2,1-6H3/t66-,67-,68-,69-,70+,71-,72-,73-,74+,75+,76+,77-,78+,79+,80+,87?,88?,89?,90?/m1/s1. The summed E-state index contributed by atoms with van der Waals surface area (Å²) in [5.74, 6) is -12.9. The van der Waals surface area contributed by atoms with E-state index in [1.807, 2.05) is 6.92 Å². The van der Waals surface area contributed by atoms with Crippen LogP contribution >= 0.6 is 23.2 Å². The van der Waals surface area contributed by atoms with E-state index in [1.54, 1.807) is 120 Å². The summed E-state index contributed by atoms with van der Waals surface area (Å²) in [4.78, 5) is 151. The van der Waals surface area contributed by atoms with Crippen LogP contribution in [0.25, 0.3) is 0 Å². The van der Waals surface area contributed by atoms with E-state index >= 15 is 0 Å². The largest absolute Gasteiger partial charge is 0.463 e. The zero-order valence-corrected chi connectivity index (χ0v) is 74.0. The number of rotatable bonds is 38. The van der Waals surface area contributed by atoms with Gasteiger partial charge in [-0.15, -0.1) is 43.6 Å². The molecule has 4 saturated heterocycles. The molecule has 0 amide bonds. The van der Waals surface area contributed by atoms with Crippen molar-refractivity contribution in [3.05, 3.63) is 263 Å². The molecule has 0 bridgehead atoms. The second kappa shape index (κ2) is 45.2. The van der Waals surface area contributed by atoms with Gasteiger partial charge in [0.1, 0.15) is 59.2 Å². The minimum absolute atomic E-state index is 0.0315. The lowest BCUT2D eigenvalue weighted by molar-refractivity contribution is -0.359. The summed E-state index contributed by atoms with van der Waals surface area (Å²) in [5, 5.41) is 33.1. The summed E-state index contributed by atoms with van der Waals surface area (Å²) < 4.78 is 123. The van der Waals surface area contributed by atoms with Crippen molar-refractivity contribution in [2.45, 2.75) is 210 Å². The first kappa shape index (κ1) is 96.4. The maximum absolute atomic E-state index is 14.7. The SMILES string of the molecule is CCn1cc(COC2O[C@H](Cn3cc(COC4O[C@H](Cn5cc(COCc6cn(C[C@H]7OC(CCl)(OC8O[C@H](COC(C)=O)[C@H](Cl)[C@H](OC(C)=O)[C@H]8OC(C)=O)[C@@H](OC(C)=O)[C@@H]7OC(C)=O)nn6)nn5)[C@@H](OC(=O)c5ccccc5)[C@H](OC(=O)c5ccccc5)[C@@H]4OC(=O)c4ccccc4)nn3)[C@@H](OC(=O)c3ccccc3)[C@H](OC(=O)c3ccccc3)[C@@H]2OC(=O)c2ccccc2)nn1. The second-order valence-corrected chi connectivity index (χ2v) is 31.5. The molecule has 4 aliphatic rings. The van der Waals surface area contributed by atoms with Crippen LogP contribution in [-0.2, 0) is 167 Å². The molecule has 44 heteroatoms. The van der Waals surface area contributed by atoms with Crippen molar-refractivity contribution >= 4 is 88.9 Å². The molecular weight excluding hydrogens is 1800 g/mol. The summed E-state index contributed by atoms with van der Waals surface area (Å²) in [6.45, 7) is 4.69. The van der Waals surface area contributed by atoms with Gasteiger partial charge in [0.2, 0.25) is 12.1 Å². The highest BCUT2D eigenvalue weighted by molar-refractivity contribution is 6.21. The average molecular weight is 1890 g/mol. The van der Waals surface area contributed by atoms with E-state index in [0.717, 1.165) is 34.6 Å². The van der Waals surface area contributed by atoms with Crippen molar-refractivity contribution in [3.8, 4) is 0 Å². The third-order valence-corrected chi connectivity index (χ3v) is 21.8. The zero-order chi connectivity index (χ0) is 94.5. The fourth-order valence-electron chi connectivity index (χ4n) is 14.9. The summed E-state index contributed by atoms with van der Waals surface area (Å²) in [5.41, 5.74) is 1.16. The Labute approximate surface area is 772 Å². The first-order chi connectivity index (χ1) is 64.7. The molecule has 4 fully saturated rings. The molecule has 0 saturated carbocycles. The first-order valence-corrected chi connectivity index (χ1v) is 43.0. The summed E-state index contributed by atoms with van der Waals surface area (Å²) >= 11 is 13.5. The van der Waals surface area contributed by atoms with E-state index in [4.69, 9.17) is 113 Å². The number of alkyl halides is 2. The Hall–Kier alpha value is -13.7. The number of esters is 11. The predicted molar refractivity (Wildman–Crippen MR) is 452 cm³/mol. The zero-order valence-electron chi connectivity index (χ0n) is 72.5. The highest BCUT2D eigenvalue weighted by atomic mass is 35.5. The van der Waals surface area contributed by atoms with Crippen molar-refractivity contribution in [1.82, 2.24) is 60.0 Å². The average Bonchev–Trinajstić information content (AvgIpc) is 1.57. The molecule has 42 nitrogen and oxygen atoms in total. The van der Waals surface area contributed by atoms with E-state index in [2.05, 4.69) is 41.2 Å². The van der Waals surface area contributed by atoms with Crippen molar-refractivity contribution in [2.24, 2.45) is 0 Å². The van der Waals surface area contributed by atoms with Crippen LogP contribution in [0.15, 0.2) is 207 Å². The molecule has 19 atom stereocenters. The molecule has 0 N–H and O–H groups in total. The van der Waals surface area contributed by atoms with E-state index in [-0.39, 0.29) is 89.9 Å². The maximum Gasteiger partial charge on any atom is 0.338 e. The van der Waals surface area contributed by atoms with Crippen LogP contribution < -0.4 is 0 Å². The monoisotopic (exact) mass is 1890 g/mol. The van der Waals surface area contributed by atoms with Gasteiger partial charge in [-0.3, -0.25) is 28.7 Å². The number of hydrogen-bond acceptors (Lipinski definition) is 38. The Morgan fingerprint density at radius 2 is 0.649 bits per heavy atom. The minimum atomic E-state index is -2.35. The molecule has 4 unspecified atom stereocenters. The fraction of sp³-hybridized carbons (Fsp3) is 0.389. The number of carbonyl (C=O) groups excluding carboxylic acids is 11. The third kappa shape index (κ3) is 24.8. The van der Waals surface area contributed by atoms with Gasteiger partial charge in [-0.1, -0.05) is 130 Å². The van der Waals surface area contributed by atoms with Crippen LogP contribution in [-0.4, -0.2) is 254 Å². The van der Waals surface area contributed by atoms with Gasteiger partial charge in [-0.25, -0.2) is 42.8 Å². The number of carbonyl (C=O) groups is 11. The Kier molecular flexibility index (Phi) is 32.5. The molecule has 10 aromatic rings. The van der Waals surface area contributed by atoms with E-state index in [0.29, 0.717) is 12.2 Å². The Balaban J connectivity index is 0.739. The third-order valence-electron chi connectivity index (χ3n) is 20.9. The molecule has 8 heterocycles. The number of aromatic nitrogens is 12. The quantitative estimate of drug-likeness (QED) is 0.0213. The Morgan fingerprint density at radius 3 is 0.993 bits per heavy atom. The number of nitrogens with zero attached hydrogens (tertiary/aromatic N) is 12. The van der Waals surface area contributed by atoms with Gasteiger partial charge in [-0.05, 0) is 79.7 Å². The topological polar surface area (TPSA) is 486 Å². The van der Waals surface area contributed by atoms with E-state index in [9.17, 15) is 52.7 Å². The number of halogens is 2. The van der Waals surface area contributed by atoms with Crippen LogP contribution in [0.4, 0.5) is 0 Å². The van der Waals surface area contributed by atoms with E-state index < -0.39 is 200 Å². The molecule has 6 aromatic carbocycles. The number of hydrogen-bond donors (Lipinski definition) is 0. The maximum atomic E-state index is 14.7. The van der Waals surface area contributed by atoms with Crippen molar-refractivity contribution in [3.63, 3.8) is 0 Å². The lowest BCUT2D eigenvalue weighted by atomic mass is 9.97. The highest BCUT2D eigenvalue weighted by Gasteiger charge is 2.64. The van der Waals surface area contributed by atoms with Gasteiger partial charge >= 0.3 is 65.7 Å². The lowest BCUT2D eigenvalue weighted by Crippen LogP contribution is -2.63. The molecule has 134 heavy (non-hydrogen) atoms. The van der Waals surface area contributed by atoms with Gasteiger partial charge in [0.25, 0.3) is 0 Å². The molecule has 704 valence electrons. The van der Waals surface area contributed by atoms with Gasteiger partial charge < -0.3 is 90.0 Å². The molecule has 0 aliphatic carbocycles. The summed E-state index contributed by atoms with van der Waals surface area (Å²) in [6.07, 6.45) is -21.7. The molecule has 14 rings (SSSR count). The molecule has 0 spiro atoms. The van der Waals surface area contributed by atoms with Crippen LogP contribution in [0, 0.1) is 0 Å². The summed E-state index contributed by atoms with van der Waals surface area (Å²) in [7, 11) is 0. The molecule has 0 radical (unpaired) electrons. The summed E-state index contributed by atoms with van der Waals surface area (Å²) in [6, 6.07) is 47.2. The molecule has 4 aromatic heterocycles. The lowest BCUT2D eigenvalue weighted by Gasteiger charge is -2.45. The first-order valence-electron chi connectivity index (χ1n) is 42.0. The predicted octanol–water partition coefficient (Wildman–Crippen LogP) is 7.00. The smallest absolute Gasteiger partial charge is 0.338 e. The minimum Gasteiger partial charge on any atom is -0.463 e. The number of ether oxygens (including phenoxy) is 19. The second-order valence-electron chi connectivity index (χ2n) is 30.7. The normalized spacial score (nSPS) is 24.8. The molecule has 4 aliphatic heterocycles. The van der Waals surface area contributed by atoms with Gasteiger partial charge in [0, 0.05) is 41.2 Å². The van der Waals surface area contributed by atoms with Gasteiger partial charge in [0.05, 0.1) is 110 Å². The van der Waals surface area contributed by atoms with Crippen LogP contribution in [0.5, 0.6) is 0 Å². The molecular formula is C90H90Cl2N12O30. The Bertz CT molecular complexity index is 5700. The van der Waals surface area contributed by atoms with Gasteiger partial charge in [0.15, 0.2) is 73.6 Å². The van der Waals surface area contributed by atoms with Crippen molar-refractivity contribution in [1.29, 1.82) is 0 Å². The number of benzene rings is 6. The van der Waals surface area contributed by atoms with Crippen molar-refractivity contribution in [2.75, 3.05) is 12.5 Å². The van der Waals surface area contributed by atoms with Crippen LogP contribution in [0.3, 0.4) is 0 Å². The van der Waals surface area contributed by atoms with Crippen LogP contribution in [0.2, 0.25) is 0 Å². The Morgan fingerprint density at radius 1 is 0.343 bits per heavy atom. The van der Waals surface area contributed by atoms with E-state index in [1.165, 1.54) is 105 Å².